The number of hydrogen-bond donors (Lipinski definition) is 2. The molecule has 6 heteroatoms. The summed E-state index contributed by atoms with van der Waals surface area (Å²) in [6.07, 6.45) is 3.94. The highest BCUT2D eigenvalue weighted by Crippen LogP contribution is 2.37. The molecule has 4 rings (SSSR count). The third kappa shape index (κ3) is 3.28. The predicted octanol–water partition coefficient (Wildman–Crippen LogP) is 4.49. The van der Waals surface area contributed by atoms with Gasteiger partial charge in [-0.05, 0) is 52.1 Å². The van der Waals surface area contributed by atoms with Gasteiger partial charge in [0.15, 0.2) is 0 Å². The van der Waals surface area contributed by atoms with Crippen LogP contribution in [0, 0.1) is 0 Å². The largest absolute Gasteiger partial charge is 0.493 e. The van der Waals surface area contributed by atoms with Crippen molar-refractivity contribution in [2.75, 3.05) is 18.5 Å². The number of nitrogens with zero attached hydrogens (tertiary/aromatic N) is 1. The van der Waals surface area contributed by atoms with E-state index in [9.17, 15) is 9.90 Å². The van der Waals surface area contributed by atoms with Gasteiger partial charge < -0.3 is 15.2 Å². The van der Waals surface area contributed by atoms with Crippen LogP contribution in [0.1, 0.15) is 28.3 Å². The fourth-order valence-corrected chi connectivity index (χ4v) is 3.90. The summed E-state index contributed by atoms with van der Waals surface area (Å²) in [6.45, 7) is 1.30. The SMILES string of the molecule is O=C(O)c1ccncc1NC[C@H]1CCOc2cc(-c3ccsc3)ccc21. The molecule has 1 atom stereocenters. The van der Waals surface area contributed by atoms with Crippen LogP contribution in [0.5, 0.6) is 5.75 Å². The Morgan fingerprint density at radius 3 is 3.04 bits per heavy atom. The zero-order valence-corrected chi connectivity index (χ0v) is 14.8. The summed E-state index contributed by atoms with van der Waals surface area (Å²) >= 11 is 1.68. The van der Waals surface area contributed by atoms with Gasteiger partial charge in [0.25, 0.3) is 0 Å². The zero-order chi connectivity index (χ0) is 17.9. The topological polar surface area (TPSA) is 71.5 Å². The Morgan fingerprint density at radius 2 is 2.23 bits per heavy atom. The molecule has 0 unspecified atom stereocenters. The summed E-state index contributed by atoms with van der Waals surface area (Å²) < 4.78 is 5.88. The first-order chi connectivity index (χ1) is 12.7. The van der Waals surface area contributed by atoms with Crippen LogP contribution in [-0.4, -0.2) is 29.2 Å². The molecule has 3 aromatic rings. The van der Waals surface area contributed by atoms with Crippen molar-refractivity contribution in [1.82, 2.24) is 4.98 Å². The number of aromatic carboxylic acids is 1. The lowest BCUT2D eigenvalue weighted by Crippen LogP contribution is -2.21. The van der Waals surface area contributed by atoms with Crippen molar-refractivity contribution in [3.8, 4) is 16.9 Å². The Kier molecular flexibility index (Phi) is 4.58. The molecular formula is C20H18N2O3S. The minimum absolute atomic E-state index is 0.236. The molecule has 26 heavy (non-hydrogen) atoms. The lowest BCUT2D eigenvalue weighted by molar-refractivity contribution is 0.0697. The molecule has 2 N–H and O–H groups in total. The molecule has 1 aliphatic heterocycles. The van der Waals surface area contributed by atoms with Crippen LogP contribution in [0.25, 0.3) is 11.1 Å². The van der Waals surface area contributed by atoms with Crippen LogP contribution in [-0.2, 0) is 0 Å². The highest BCUT2D eigenvalue weighted by atomic mass is 32.1. The summed E-state index contributed by atoms with van der Waals surface area (Å²) in [7, 11) is 0. The molecule has 2 aromatic heterocycles. The van der Waals surface area contributed by atoms with Gasteiger partial charge in [0.1, 0.15) is 5.75 Å². The minimum Gasteiger partial charge on any atom is -0.493 e. The van der Waals surface area contributed by atoms with Crippen molar-refractivity contribution in [3.63, 3.8) is 0 Å². The Bertz CT molecular complexity index is 925. The predicted molar refractivity (Wildman–Crippen MR) is 102 cm³/mol. The van der Waals surface area contributed by atoms with Gasteiger partial charge >= 0.3 is 5.97 Å². The van der Waals surface area contributed by atoms with E-state index in [2.05, 4.69) is 45.3 Å². The standard InChI is InChI=1S/C20H18N2O3S/c23-20(24)17-3-6-21-11-18(17)22-10-14-4-7-25-19-9-13(1-2-16(14)19)15-5-8-26-12-15/h1-3,5-6,8-9,11-12,14,22H,4,7,10H2,(H,23,24)/t14-/m1/s1. The van der Waals surface area contributed by atoms with E-state index >= 15 is 0 Å². The fourth-order valence-electron chi connectivity index (χ4n) is 3.24. The average Bonchev–Trinajstić information content (AvgIpc) is 3.21. The van der Waals surface area contributed by atoms with E-state index in [1.165, 1.54) is 17.8 Å². The Labute approximate surface area is 155 Å². The third-order valence-corrected chi connectivity index (χ3v) is 5.31. The number of pyridine rings is 1. The van der Waals surface area contributed by atoms with Crippen molar-refractivity contribution >= 4 is 23.0 Å². The van der Waals surface area contributed by atoms with Crippen molar-refractivity contribution < 1.29 is 14.6 Å². The fraction of sp³-hybridized carbons (Fsp3) is 0.200. The molecule has 132 valence electrons. The van der Waals surface area contributed by atoms with Crippen LogP contribution in [0.2, 0.25) is 0 Å². The van der Waals surface area contributed by atoms with Crippen molar-refractivity contribution in [2.45, 2.75) is 12.3 Å². The van der Waals surface area contributed by atoms with E-state index in [-0.39, 0.29) is 11.5 Å². The van der Waals surface area contributed by atoms with E-state index in [0.29, 0.717) is 18.8 Å². The monoisotopic (exact) mass is 366 g/mol. The van der Waals surface area contributed by atoms with E-state index in [0.717, 1.165) is 23.3 Å². The molecule has 0 aliphatic carbocycles. The van der Waals surface area contributed by atoms with Gasteiger partial charge in [0.2, 0.25) is 0 Å². The number of anilines is 1. The summed E-state index contributed by atoms with van der Waals surface area (Å²) in [4.78, 5) is 15.4. The molecule has 5 nitrogen and oxygen atoms in total. The van der Waals surface area contributed by atoms with E-state index < -0.39 is 5.97 Å². The number of rotatable bonds is 5. The lowest BCUT2D eigenvalue weighted by atomic mass is 9.91. The van der Waals surface area contributed by atoms with Crippen molar-refractivity contribution in [3.05, 3.63) is 64.6 Å². The smallest absolute Gasteiger partial charge is 0.337 e. The summed E-state index contributed by atoms with van der Waals surface area (Å²) in [6, 6.07) is 9.95. The second-order valence-electron chi connectivity index (χ2n) is 6.21. The molecule has 1 aliphatic rings. The minimum atomic E-state index is -0.956. The van der Waals surface area contributed by atoms with Crippen molar-refractivity contribution in [1.29, 1.82) is 0 Å². The Balaban J connectivity index is 1.54. The normalized spacial score (nSPS) is 15.8. The molecule has 0 bridgehead atoms. The average molecular weight is 366 g/mol. The van der Waals surface area contributed by atoms with Gasteiger partial charge in [-0.3, -0.25) is 4.98 Å². The second kappa shape index (κ2) is 7.17. The van der Waals surface area contributed by atoms with Crippen LogP contribution >= 0.6 is 11.3 Å². The molecular weight excluding hydrogens is 348 g/mol. The maximum Gasteiger partial charge on any atom is 0.337 e. The number of carboxylic acid groups (broad SMARTS) is 1. The van der Waals surface area contributed by atoms with E-state index in [1.807, 2.05) is 0 Å². The molecule has 0 saturated heterocycles. The molecule has 0 fully saturated rings. The number of thiophene rings is 1. The maximum absolute atomic E-state index is 11.3. The van der Waals surface area contributed by atoms with Crippen molar-refractivity contribution in [2.24, 2.45) is 0 Å². The Morgan fingerprint density at radius 1 is 1.31 bits per heavy atom. The van der Waals surface area contributed by atoms with Crippen LogP contribution in [0.4, 0.5) is 5.69 Å². The quantitative estimate of drug-likeness (QED) is 0.696. The molecule has 0 saturated carbocycles. The van der Waals surface area contributed by atoms with Crippen LogP contribution in [0.15, 0.2) is 53.5 Å². The summed E-state index contributed by atoms with van der Waals surface area (Å²) in [5, 5.41) is 16.7. The van der Waals surface area contributed by atoms with Gasteiger partial charge in [0.05, 0.1) is 24.1 Å². The number of carbonyl (C=O) groups is 1. The highest BCUT2D eigenvalue weighted by molar-refractivity contribution is 7.08. The second-order valence-corrected chi connectivity index (χ2v) is 6.99. The number of carboxylic acids is 1. The van der Waals surface area contributed by atoms with Crippen LogP contribution in [0.3, 0.4) is 0 Å². The molecule has 3 heterocycles. The first-order valence-corrected chi connectivity index (χ1v) is 9.37. The summed E-state index contributed by atoms with van der Waals surface area (Å²) in [5.74, 6) is 0.219. The maximum atomic E-state index is 11.3. The number of fused-ring (bicyclic) bond motifs is 1. The van der Waals surface area contributed by atoms with Gasteiger partial charge in [-0.1, -0.05) is 12.1 Å². The first kappa shape index (κ1) is 16.6. The van der Waals surface area contributed by atoms with E-state index in [4.69, 9.17) is 4.74 Å². The third-order valence-electron chi connectivity index (χ3n) is 4.62. The van der Waals surface area contributed by atoms with Gasteiger partial charge in [-0.2, -0.15) is 11.3 Å². The highest BCUT2D eigenvalue weighted by Gasteiger charge is 2.22. The number of nitrogens with one attached hydrogen (secondary N) is 1. The molecule has 1 aromatic carbocycles. The van der Waals surface area contributed by atoms with Gasteiger partial charge in [-0.25, -0.2) is 4.79 Å². The molecule has 0 radical (unpaired) electrons. The number of hydrogen-bond acceptors (Lipinski definition) is 5. The number of ether oxygens (including phenoxy) is 1. The van der Waals surface area contributed by atoms with Crippen LogP contribution < -0.4 is 10.1 Å². The lowest BCUT2D eigenvalue weighted by Gasteiger charge is -2.27. The number of aromatic nitrogens is 1. The first-order valence-electron chi connectivity index (χ1n) is 8.43. The van der Waals surface area contributed by atoms with E-state index in [1.54, 1.807) is 17.5 Å². The summed E-state index contributed by atoms with van der Waals surface area (Å²) in [5.41, 5.74) is 4.29. The van der Waals surface area contributed by atoms with Gasteiger partial charge in [-0.15, -0.1) is 0 Å². The molecule has 0 amide bonds. The number of benzene rings is 1. The molecule has 0 spiro atoms. The van der Waals surface area contributed by atoms with Gasteiger partial charge in [0, 0.05) is 18.7 Å². The Hall–Kier alpha value is -2.86. The zero-order valence-electron chi connectivity index (χ0n) is 14.0.